The van der Waals surface area contributed by atoms with E-state index in [1.54, 1.807) is 24.3 Å². The molecule has 13 heteroatoms. The number of benzene rings is 2. The summed E-state index contributed by atoms with van der Waals surface area (Å²) in [6.07, 6.45) is 1.36. The highest BCUT2D eigenvalue weighted by molar-refractivity contribution is 7.99. The van der Waals surface area contributed by atoms with Gasteiger partial charge in [0.15, 0.2) is 10.8 Å². The van der Waals surface area contributed by atoms with E-state index < -0.39 is 28.4 Å². The van der Waals surface area contributed by atoms with Gasteiger partial charge in [0.05, 0.1) is 22.8 Å². The van der Waals surface area contributed by atoms with Crippen LogP contribution in [0.25, 0.3) is 16.7 Å². The summed E-state index contributed by atoms with van der Waals surface area (Å²) >= 11 is 7.41. The molecule has 34 heavy (non-hydrogen) atoms. The lowest BCUT2D eigenvalue weighted by molar-refractivity contribution is -0.387. The highest BCUT2D eigenvalue weighted by Gasteiger charge is 2.30. The summed E-state index contributed by atoms with van der Waals surface area (Å²) in [5.74, 6) is -1.03. The Bertz CT molecular complexity index is 1540. The van der Waals surface area contributed by atoms with Crippen molar-refractivity contribution in [1.82, 2.24) is 19.3 Å². The Hall–Kier alpha value is -3.77. The predicted molar refractivity (Wildman–Crippen MR) is 124 cm³/mol. The highest BCUT2D eigenvalue weighted by Crippen LogP contribution is 2.34. The van der Waals surface area contributed by atoms with E-state index in [2.05, 4.69) is 15.4 Å². The molecule has 2 aromatic carbocycles. The summed E-state index contributed by atoms with van der Waals surface area (Å²) in [6.45, 7) is 0. The molecule has 4 aromatic rings. The first kappa shape index (κ1) is 22.0. The summed E-state index contributed by atoms with van der Waals surface area (Å²) < 4.78 is 16.5. The second-order valence-corrected chi connectivity index (χ2v) is 8.91. The number of halogens is 2. The maximum absolute atomic E-state index is 13.5. The molecule has 1 atom stereocenters. The fraction of sp³-hybridized carbons (Fsp3) is 0.143. The zero-order valence-electron chi connectivity index (χ0n) is 17.1. The van der Waals surface area contributed by atoms with Crippen molar-refractivity contribution in [3.63, 3.8) is 0 Å². The van der Waals surface area contributed by atoms with Gasteiger partial charge < -0.3 is 5.32 Å². The number of rotatable bonds is 5. The van der Waals surface area contributed by atoms with E-state index in [1.165, 1.54) is 33.3 Å². The van der Waals surface area contributed by atoms with E-state index in [1.807, 2.05) is 0 Å². The third kappa shape index (κ3) is 3.90. The minimum absolute atomic E-state index is 0.0688. The number of fused-ring (bicyclic) bond motifs is 2. The zero-order valence-corrected chi connectivity index (χ0v) is 18.7. The molecular formula is C21H14ClFN6O4S. The number of aromatic nitrogens is 4. The minimum atomic E-state index is -0.996. The Kier molecular flexibility index (Phi) is 5.54. The third-order valence-corrected chi connectivity index (χ3v) is 6.60. The van der Waals surface area contributed by atoms with Crippen LogP contribution in [0.3, 0.4) is 0 Å². The number of nitro groups is 1. The van der Waals surface area contributed by atoms with Gasteiger partial charge in [-0.05, 0) is 30.3 Å². The molecule has 1 N–H and O–H groups in total. The Morgan fingerprint density at radius 2 is 2.15 bits per heavy atom. The molecule has 0 radical (unpaired) electrons. The number of amides is 1. The number of thioether (sulfide) groups is 1. The van der Waals surface area contributed by atoms with Gasteiger partial charge in [-0.1, -0.05) is 29.4 Å². The molecule has 3 heterocycles. The smallest absolute Gasteiger partial charge is 0.306 e. The Morgan fingerprint density at radius 1 is 1.32 bits per heavy atom. The molecule has 1 unspecified atom stereocenters. The number of nitrogens with one attached hydrogen (secondary N) is 1. The van der Waals surface area contributed by atoms with Gasteiger partial charge in [-0.25, -0.2) is 9.67 Å². The largest absolute Gasteiger partial charge is 0.326 e. The second kappa shape index (κ2) is 8.54. The van der Waals surface area contributed by atoms with Gasteiger partial charge >= 0.3 is 5.69 Å². The molecule has 172 valence electrons. The molecule has 0 aliphatic carbocycles. The van der Waals surface area contributed by atoms with Crippen molar-refractivity contribution < 1.29 is 14.1 Å². The number of nitro benzene ring substituents is 1. The molecule has 0 saturated heterocycles. The van der Waals surface area contributed by atoms with Gasteiger partial charge in [-0.3, -0.25) is 24.3 Å². The molecule has 0 fully saturated rings. The summed E-state index contributed by atoms with van der Waals surface area (Å²) in [5.41, 5.74) is 0.0710. The number of hydrogen-bond acceptors (Lipinski definition) is 7. The predicted octanol–water partition coefficient (Wildman–Crippen LogP) is 3.96. The molecule has 0 saturated carbocycles. The van der Waals surface area contributed by atoms with Crippen LogP contribution in [0.15, 0.2) is 58.6 Å². The van der Waals surface area contributed by atoms with Crippen molar-refractivity contribution in [1.29, 1.82) is 0 Å². The highest BCUT2D eigenvalue weighted by atomic mass is 35.5. The number of carbonyl (C=O) groups is 1. The molecule has 1 aliphatic heterocycles. The number of nitrogens with zero attached hydrogens (tertiary/aromatic N) is 5. The summed E-state index contributed by atoms with van der Waals surface area (Å²) in [6, 6.07) is 9.62. The second-order valence-electron chi connectivity index (χ2n) is 7.48. The monoisotopic (exact) mass is 500 g/mol. The van der Waals surface area contributed by atoms with Crippen molar-refractivity contribution in [2.24, 2.45) is 0 Å². The van der Waals surface area contributed by atoms with Crippen molar-refractivity contribution in [2.75, 3.05) is 11.1 Å². The summed E-state index contributed by atoms with van der Waals surface area (Å²) in [5, 5.41) is 19.0. The lowest BCUT2D eigenvalue weighted by Gasteiger charge is -2.13. The molecule has 0 bridgehead atoms. The summed E-state index contributed by atoms with van der Waals surface area (Å²) in [7, 11) is 0. The molecule has 10 nitrogen and oxygen atoms in total. The zero-order chi connectivity index (χ0) is 24.0. The van der Waals surface area contributed by atoms with Crippen LogP contribution in [-0.2, 0) is 4.79 Å². The molecule has 5 rings (SSSR count). The maximum Gasteiger partial charge on any atom is 0.306 e. The topological polar surface area (TPSA) is 125 Å². The van der Waals surface area contributed by atoms with Crippen LogP contribution < -0.4 is 10.9 Å². The molecule has 2 aromatic heterocycles. The van der Waals surface area contributed by atoms with Gasteiger partial charge in [0.25, 0.3) is 5.56 Å². The SMILES string of the molecule is O=C(CC1CSc2nc3c(cnn3-c3cccc(Cl)c3)c(=O)n21)Nc1ccc(F)c([N+](=O)[O-])c1. The van der Waals surface area contributed by atoms with Crippen LogP contribution in [0, 0.1) is 15.9 Å². The first-order valence-electron chi connectivity index (χ1n) is 9.94. The normalized spacial score (nSPS) is 14.8. The van der Waals surface area contributed by atoms with Crippen LogP contribution in [0.4, 0.5) is 15.8 Å². The van der Waals surface area contributed by atoms with Gasteiger partial charge in [-0.15, -0.1) is 0 Å². The average Bonchev–Trinajstić information content (AvgIpc) is 3.40. The maximum atomic E-state index is 13.5. The minimum Gasteiger partial charge on any atom is -0.326 e. The van der Waals surface area contributed by atoms with Gasteiger partial charge in [0.2, 0.25) is 11.7 Å². The van der Waals surface area contributed by atoms with Crippen LogP contribution in [0.2, 0.25) is 5.02 Å². The van der Waals surface area contributed by atoms with E-state index in [4.69, 9.17) is 11.6 Å². The standard InChI is InChI=1S/C21H14ClFN6O4S/c22-11-2-1-3-13(6-11)28-19-15(9-24-28)20(31)27-14(10-34-21(27)26-19)8-18(30)25-12-4-5-16(23)17(7-12)29(32)33/h1-7,9,14H,8,10H2,(H,25,30). The number of hydrogen-bond donors (Lipinski definition) is 1. The molecular weight excluding hydrogens is 487 g/mol. The van der Waals surface area contributed by atoms with Gasteiger partial charge in [-0.2, -0.15) is 9.49 Å². The lowest BCUT2D eigenvalue weighted by atomic mass is 10.2. The summed E-state index contributed by atoms with van der Waals surface area (Å²) in [4.78, 5) is 40.5. The third-order valence-electron chi connectivity index (χ3n) is 5.27. The van der Waals surface area contributed by atoms with E-state index in [-0.39, 0.29) is 17.7 Å². The van der Waals surface area contributed by atoms with E-state index in [9.17, 15) is 24.1 Å². The first-order chi connectivity index (χ1) is 16.3. The van der Waals surface area contributed by atoms with Crippen LogP contribution in [-0.4, -0.2) is 35.9 Å². The number of anilines is 1. The van der Waals surface area contributed by atoms with E-state index in [0.717, 1.165) is 12.1 Å². The Balaban J connectivity index is 1.42. The van der Waals surface area contributed by atoms with E-state index >= 15 is 0 Å². The van der Waals surface area contributed by atoms with Crippen LogP contribution in [0.5, 0.6) is 0 Å². The van der Waals surface area contributed by atoms with Gasteiger partial charge in [0.1, 0.15) is 5.39 Å². The van der Waals surface area contributed by atoms with Crippen molar-refractivity contribution in [2.45, 2.75) is 17.6 Å². The van der Waals surface area contributed by atoms with E-state index in [0.29, 0.717) is 32.7 Å². The van der Waals surface area contributed by atoms with Crippen molar-refractivity contribution >= 4 is 51.7 Å². The Morgan fingerprint density at radius 3 is 2.91 bits per heavy atom. The lowest BCUT2D eigenvalue weighted by Crippen LogP contribution is -2.27. The average molecular weight is 501 g/mol. The Labute approximate surface area is 199 Å². The van der Waals surface area contributed by atoms with Crippen LogP contribution in [0.1, 0.15) is 12.5 Å². The van der Waals surface area contributed by atoms with Crippen molar-refractivity contribution in [3.8, 4) is 5.69 Å². The van der Waals surface area contributed by atoms with Gasteiger partial charge in [0, 0.05) is 29.0 Å². The fourth-order valence-electron chi connectivity index (χ4n) is 3.73. The number of carbonyl (C=O) groups excluding carboxylic acids is 1. The van der Waals surface area contributed by atoms with Crippen LogP contribution >= 0.6 is 23.4 Å². The quantitative estimate of drug-likeness (QED) is 0.250. The fourth-order valence-corrected chi connectivity index (χ4v) is 5.05. The molecule has 0 spiro atoms. The first-order valence-corrected chi connectivity index (χ1v) is 11.3. The molecule has 1 amide bonds. The van der Waals surface area contributed by atoms with Crippen molar-refractivity contribution in [3.05, 3.63) is 80.0 Å². The molecule has 1 aliphatic rings.